The molecule has 3 nitrogen and oxygen atoms in total. The molecule has 0 saturated heterocycles. The lowest BCUT2D eigenvalue weighted by Gasteiger charge is -1.90. The predicted molar refractivity (Wildman–Crippen MR) is 63.7 cm³/mol. The molecular weight excluding hydrogens is 194 g/mol. The van der Waals surface area contributed by atoms with Crippen LogP contribution in [0.1, 0.15) is 10.7 Å². The molecule has 0 spiro atoms. The predicted octanol–water partition coefficient (Wildman–Crippen LogP) is 2.29. The van der Waals surface area contributed by atoms with E-state index in [1.807, 2.05) is 20.0 Å². The largest absolute Gasteiger partial charge is 0.378 e. The van der Waals surface area contributed by atoms with Gasteiger partial charge in [0.2, 0.25) is 0 Å². The number of aliphatic imine (C=N–C) groups is 1. The fraction of sp³-hybridized carbons (Fsp3) is 0.400. The molecule has 0 saturated carbocycles. The van der Waals surface area contributed by atoms with Gasteiger partial charge in [-0.3, -0.25) is 4.99 Å². The zero-order valence-corrected chi connectivity index (χ0v) is 9.56. The van der Waals surface area contributed by atoms with Crippen molar-refractivity contribution in [2.45, 2.75) is 13.3 Å². The molecule has 1 rings (SSSR count). The van der Waals surface area contributed by atoms with Gasteiger partial charge in [0, 0.05) is 26.7 Å². The molecule has 1 aromatic heterocycles. The van der Waals surface area contributed by atoms with Crippen molar-refractivity contribution in [1.82, 2.24) is 4.98 Å². The second-order valence-electron chi connectivity index (χ2n) is 2.81. The van der Waals surface area contributed by atoms with E-state index in [2.05, 4.69) is 21.4 Å². The van der Waals surface area contributed by atoms with E-state index in [-0.39, 0.29) is 0 Å². The third kappa shape index (κ3) is 2.96. The Morgan fingerprint density at radius 1 is 1.57 bits per heavy atom. The molecule has 0 aromatic carbocycles. The first-order valence-electron chi connectivity index (χ1n) is 4.49. The van der Waals surface area contributed by atoms with E-state index in [4.69, 9.17) is 0 Å². The van der Waals surface area contributed by atoms with Gasteiger partial charge in [-0.05, 0) is 13.0 Å². The maximum absolute atomic E-state index is 4.44. The maximum atomic E-state index is 4.44. The number of rotatable bonds is 4. The molecule has 0 fully saturated rings. The summed E-state index contributed by atoms with van der Waals surface area (Å²) < 4.78 is 0. The monoisotopic (exact) mass is 209 g/mol. The van der Waals surface area contributed by atoms with Crippen LogP contribution in [0.2, 0.25) is 0 Å². The summed E-state index contributed by atoms with van der Waals surface area (Å²) in [5, 5.41) is 5.41. The number of nitrogens with zero attached hydrogens (tertiary/aromatic N) is 2. The quantitative estimate of drug-likeness (QED) is 0.772. The first-order valence-corrected chi connectivity index (χ1v) is 5.31. The van der Waals surface area contributed by atoms with Crippen LogP contribution < -0.4 is 5.32 Å². The number of aryl methyl sites for hydroxylation is 1. The Balaban J connectivity index is 2.59. The fourth-order valence-electron chi connectivity index (χ4n) is 1.09. The van der Waals surface area contributed by atoms with Crippen molar-refractivity contribution in [3.63, 3.8) is 0 Å². The normalized spacial score (nSPS) is 11.6. The fourth-order valence-corrected chi connectivity index (χ4v) is 1.98. The van der Waals surface area contributed by atoms with Gasteiger partial charge in [0.05, 0.1) is 10.7 Å². The molecule has 0 radical (unpaired) electrons. The van der Waals surface area contributed by atoms with Crippen molar-refractivity contribution < 1.29 is 0 Å². The van der Waals surface area contributed by atoms with Crippen LogP contribution in [0.3, 0.4) is 0 Å². The Bertz CT molecular complexity index is 339. The molecule has 0 aliphatic heterocycles. The number of hydrogen-bond acceptors (Lipinski definition) is 4. The Morgan fingerprint density at radius 3 is 2.93 bits per heavy atom. The van der Waals surface area contributed by atoms with E-state index in [1.165, 1.54) is 0 Å². The van der Waals surface area contributed by atoms with Crippen LogP contribution in [0.4, 0.5) is 5.00 Å². The zero-order chi connectivity index (χ0) is 10.4. The summed E-state index contributed by atoms with van der Waals surface area (Å²) in [4.78, 5) is 8.30. The summed E-state index contributed by atoms with van der Waals surface area (Å²) in [6, 6.07) is 0. The lowest BCUT2D eigenvalue weighted by atomic mass is 10.4. The minimum Gasteiger partial charge on any atom is -0.378 e. The third-order valence-electron chi connectivity index (χ3n) is 1.73. The van der Waals surface area contributed by atoms with Crippen LogP contribution in [-0.4, -0.2) is 25.3 Å². The summed E-state index contributed by atoms with van der Waals surface area (Å²) in [5.41, 5.74) is 1.07. The molecule has 1 heterocycles. The van der Waals surface area contributed by atoms with Gasteiger partial charge in [-0.1, -0.05) is 6.08 Å². The summed E-state index contributed by atoms with van der Waals surface area (Å²) >= 11 is 1.70. The van der Waals surface area contributed by atoms with E-state index < -0.39 is 0 Å². The van der Waals surface area contributed by atoms with Crippen molar-refractivity contribution in [1.29, 1.82) is 0 Å². The Kier molecular flexibility index (Phi) is 4.32. The molecule has 14 heavy (non-hydrogen) atoms. The van der Waals surface area contributed by atoms with Crippen LogP contribution in [0.25, 0.3) is 0 Å². The van der Waals surface area contributed by atoms with Crippen molar-refractivity contribution in [2.75, 3.05) is 19.4 Å². The standard InChI is InChI=1S/C10H15N3S/c1-8-10(12-3)14-9(13-8)6-4-5-7-11-2/h4-5,7,12H,6H2,1-3H3/b5-4-,11-7-. The first-order chi connectivity index (χ1) is 6.77. The van der Waals surface area contributed by atoms with Crippen LogP contribution in [0.15, 0.2) is 17.1 Å². The number of allylic oxidation sites excluding steroid dienone is 2. The third-order valence-corrected chi connectivity index (χ3v) is 2.93. The highest BCUT2D eigenvalue weighted by Crippen LogP contribution is 2.23. The van der Waals surface area contributed by atoms with Gasteiger partial charge < -0.3 is 5.32 Å². The van der Waals surface area contributed by atoms with Crippen LogP contribution in [0.5, 0.6) is 0 Å². The lowest BCUT2D eigenvalue weighted by Crippen LogP contribution is -1.85. The van der Waals surface area contributed by atoms with Gasteiger partial charge in [0.25, 0.3) is 0 Å². The molecule has 0 aliphatic rings. The van der Waals surface area contributed by atoms with Crippen LogP contribution in [0, 0.1) is 6.92 Å². The van der Waals surface area contributed by atoms with Gasteiger partial charge in [-0.15, -0.1) is 11.3 Å². The smallest absolute Gasteiger partial charge is 0.111 e. The van der Waals surface area contributed by atoms with E-state index in [0.29, 0.717) is 0 Å². The number of thiazole rings is 1. The van der Waals surface area contributed by atoms with E-state index in [1.54, 1.807) is 24.6 Å². The Labute approximate surface area is 88.6 Å². The van der Waals surface area contributed by atoms with Crippen LogP contribution in [-0.2, 0) is 6.42 Å². The molecule has 0 bridgehead atoms. The molecule has 4 heteroatoms. The molecule has 0 amide bonds. The molecule has 0 atom stereocenters. The van der Waals surface area contributed by atoms with E-state index in [9.17, 15) is 0 Å². The summed E-state index contributed by atoms with van der Waals surface area (Å²) in [6.45, 7) is 2.02. The average molecular weight is 209 g/mol. The number of hydrogen-bond donors (Lipinski definition) is 1. The average Bonchev–Trinajstić information content (AvgIpc) is 2.54. The number of aromatic nitrogens is 1. The summed E-state index contributed by atoms with van der Waals surface area (Å²) in [7, 11) is 3.68. The van der Waals surface area contributed by atoms with E-state index in [0.717, 1.165) is 22.1 Å². The van der Waals surface area contributed by atoms with Gasteiger partial charge in [-0.25, -0.2) is 4.98 Å². The lowest BCUT2D eigenvalue weighted by molar-refractivity contribution is 1.13. The topological polar surface area (TPSA) is 37.3 Å². The highest BCUT2D eigenvalue weighted by atomic mass is 32.1. The minimum atomic E-state index is 0.874. The van der Waals surface area contributed by atoms with Gasteiger partial charge >= 0.3 is 0 Å². The molecule has 0 aliphatic carbocycles. The highest BCUT2D eigenvalue weighted by molar-refractivity contribution is 7.15. The van der Waals surface area contributed by atoms with Crippen LogP contribution >= 0.6 is 11.3 Å². The second kappa shape index (κ2) is 5.54. The maximum Gasteiger partial charge on any atom is 0.111 e. The summed E-state index contributed by atoms with van der Waals surface area (Å²) in [5.74, 6) is 0. The number of nitrogens with one attached hydrogen (secondary N) is 1. The molecule has 0 unspecified atom stereocenters. The first kappa shape index (κ1) is 10.9. The number of anilines is 1. The van der Waals surface area contributed by atoms with Gasteiger partial charge in [-0.2, -0.15) is 0 Å². The van der Waals surface area contributed by atoms with Crippen molar-refractivity contribution in [3.05, 3.63) is 22.9 Å². The van der Waals surface area contributed by atoms with Gasteiger partial charge in [0.1, 0.15) is 5.00 Å². The summed E-state index contributed by atoms with van der Waals surface area (Å²) in [6.07, 6.45) is 6.65. The SMILES string of the molecule is C/N=C\C=C/Cc1nc(C)c(NC)s1. The second-order valence-corrected chi connectivity index (χ2v) is 3.90. The van der Waals surface area contributed by atoms with Crippen molar-refractivity contribution in [3.8, 4) is 0 Å². The molecule has 76 valence electrons. The highest BCUT2D eigenvalue weighted by Gasteiger charge is 2.03. The Hall–Kier alpha value is -1.16. The van der Waals surface area contributed by atoms with E-state index >= 15 is 0 Å². The van der Waals surface area contributed by atoms with Crippen molar-refractivity contribution in [2.24, 2.45) is 4.99 Å². The van der Waals surface area contributed by atoms with Gasteiger partial charge in [0.15, 0.2) is 0 Å². The minimum absolute atomic E-state index is 0.874. The van der Waals surface area contributed by atoms with Crippen molar-refractivity contribution >= 4 is 22.6 Å². The molecular formula is C10H15N3S. The zero-order valence-electron chi connectivity index (χ0n) is 8.74. The molecule has 1 aromatic rings. The molecule has 1 N–H and O–H groups in total. The Morgan fingerprint density at radius 2 is 2.36 bits per heavy atom.